The maximum atomic E-state index is 12.2. The Bertz CT molecular complexity index is 590. The Morgan fingerprint density at radius 3 is 2.29 bits per heavy atom. The monoisotopic (exact) mass is 315 g/mol. The van der Waals surface area contributed by atoms with E-state index in [0.29, 0.717) is 0 Å². The second-order valence-corrected chi connectivity index (χ2v) is 6.93. The molecule has 0 aliphatic rings. The number of hydrogen-bond donors (Lipinski definition) is 2. The lowest BCUT2D eigenvalue weighted by Crippen LogP contribution is -2.50. The van der Waals surface area contributed by atoms with Crippen molar-refractivity contribution in [2.24, 2.45) is 0 Å². The van der Waals surface area contributed by atoms with Gasteiger partial charge in [0.1, 0.15) is 0 Å². The summed E-state index contributed by atoms with van der Waals surface area (Å²) in [6.45, 7) is 6.62. The molecule has 0 aromatic heterocycles. The molecule has 6 nitrogen and oxygen atoms in total. The van der Waals surface area contributed by atoms with Crippen molar-refractivity contribution >= 4 is 16.0 Å². The van der Waals surface area contributed by atoms with E-state index < -0.39 is 27.6 Å². The summed E-state index contributed by atoms with van der Waals surface area (Å²) >= 11 is 0. The summed E-state index contributed by atoms with van der Waals surface area (Å²) in [5, 5.41) is 9.58. The molecule has 7 heteroatoms. The van der Waals surface area contributed by atoms with Crippen molar-refractivity contribution in [2.75, 3.05) is 6.61 Å². The van der Waals surface area contributed by atoms with Gasteiger partial charge in [0.25, 0.3) is 0 Å². The van der Waals surface area contributed by atoms with Crippen LogP contribution in [0.15, 0.2) is 29.2 Å². The maximum Gasteiger partial charge on any atom is 0.338 e. The third kappa shape index (κ3) is 4.52. The van der Waals surface area contributed by atoms with Gasteiger partial charge in [-0.05, 0) is 52.0 Å². The standard InChI is InChI=1S/C14H21NO5S/c1-5-20-13(17)11-6-8-12(9-7-11)21(18,19)15-14(3,4)10(2)16/h6-10,15-16H,5H2,1-4H3. The Kier molecular flexibility index (Phi) is 5.49. The Labute approximate surface area is 125 Å². The fourth-order valence-corrected chi connectivity index (χ4v) is 2.95. The van der Waals surface area contributed by atoms with E-state index in [1.165, 1.54) is 31.2 Å². The van der Waals surface area contributed by atoms with Crippen LogP contribution in [0.1, 0.15) is 38.1 Å². The van der Waals surface area contributed by atoms with Gasteiger partial charge < -0.3 is 9.84 Å². The lowest BCUT2D eigenvalue weighted by atomic mass is 10.0. The number of carbonyl (C=O) groups is 1. The number of rotatable bonds is 6. The van der Waals surface area contributed by atoms with Gasteiger partial charge in [-0.1, -0.05) is 0 Å². The van der Waals surface area contributed by atoms with E-state index in [1.54, 1.807) is 20.8 Å². The van der Waals surface area contributed by atoms with Crippen molar-refractivity contribution in [2.45, 2.75) is 44.2 Å². The second kappa shape index (κ2) is 6.55. The highest BCUT2D eigenvalue weighted by Gasteiger charge is 2.30. The first-order valence-corrected chi connectivity index (χ1v) is 8.07. The zero-order chi connectivity index (χ0) is 16.3. The van der Waals surface area contributed by atoms with Crippen LogP contribution in [0.4, 0.5) is 0 Å². The van der Waals surface area contributed by atoms with Crippen molar-refractivity contribution in [1.82, 2.24) is 4.72 Å². The quantitative estimate of drug-likeness (QED) is 0.772. The highest BCUT2D eigenvalue weighted by atomic mass is 32.2. The lowest BCUT2D eigenvalue weighted by molar-refractivity contribution is 0.0526. The first-order valence-electron chi connectivity index (χ1n) is 6.59. The third-order valence-electron chi connectivity index (χ3n) is 3.12. The fourth-order valence-electron chi connectivity index (χ4n) is 1.48. The molecule has 21 heavy (non-hydrogen) atoms. The van der Waals surface area contributed by atoms with Crippen molar-refractivity contribution in [3.05, 3.63) is 29.8 Å². The normalized spacial score (nSPS) is 13.8. The Morgan fingerprint density at radius 2 is 1.86 bits per heavy atom. The van der Waals surface area contributed by atoms with Crippen molar-refractivity contribution < 1.29 is 23.1 Å². The third-order valence-corrected chi connectivity index (χ3v) is 4.81. The number of carbonyl (C=O) groups excluding carboxylic acids is 1. The van der Waals surface area contributed by atoms with Gasteiger partial charge in [-0.2, -0.15) is 0 Å². The van der Waals surface area contributed by atoms with Crippen molar-refractivity contribution in [3.8, 4) is 0 Å². The zero-order valence-corrected chi connectivity index (χ0v) is 13.4. The number of hydrogen-bond acceptors (Lipinski definition) is 5. The number of ether oxygens (including phenoxy) is 1. The average molecular weight is 315 g/mol. The lowest BCUT2D eigenvalue weighted by Gasteiger charge is -2.28. The molecular formula is C14H21NO5S. The molecule has 0 spiro atoms. The van der Waals surface area contributed by atoms with E-state index >= 15 is 0 Å². The fraction of sp³-hybridized carbons (Fsp3) is 0.500. The van der Waals surface area contributed by atoms with Crippen LogP contribution in [-0.4, -0.2) is 37.7 Å². The van der Waals surface area contributed by atoms with Crippen LogP contribution in [0.2, 0.25) is 0 Å². The molecule has 118 valence electrons. The number of nitrogens with one attached hydrogen (secondary N) is 1. The summed E-state index contributed by atoms with van der Waals surface area (Å²) in [5.74, 6) is -0.501. The largest absolute Gasteiger partial charge is 0.462 e. The number of aliphatic hydroxyl groups is 1. The first-order chi connectivity index (χ1) is 9.60. The van der Waals surface area contributed by atoms with Gasteiger partial charge in [0.2, 0.25) is 10.0 Å². The van der Waals surface area contributed by atoms with Gasteiger partial charge in [0, 0.05) is 0 Å². The van der Waals surface area contributed by atoms with Crippen LogP contribution >= 0.6 is 0 Å². The van der Waals surface area contributed by atoms with E-state index in [9.17, 15) is 18.3 Å². The Balaban J connectivity index is 2.98. The predicted molar refractivity (Wildman–Crippen MR) is 78.5 cm³/mol. The van der Waals surface area contributed by atoms with Crippen LogP contribution in [0.5, 0.6) is 0 Å². The molecule has 1 atom stereocenters. The smallest absolute Gasteiger partial charge is 0.338 e. The highest BCUT2D eigenvalue weighted by molar-refractivity contribution is 7.89. The summed E-state index contributed by atoms with van der Waals surface area (Å²) in [6.07, 6.45) is -0.855. The average Bonchev–Trinajstić information content (AvgIpc) is 2.38. The predicted octanol–water partition coefficient (Wildman–Crippen LogP) is 1.30. The minimum absolute atomic E-state index is 0.0178. The molecule has 0 radical (unpaired) electrons. The van der Waals surface area contributed by atoms with Crippen LogP contribution in [0, 0.1) is 0 Å². The molecule has 2 N–H and O–H groups in total. The Morgan fingerprint density at radius 1 is 1.33 bits per heavy atom. The van der Waals surface area contributed by atoms with Gasteiger partial charge in [-0.3, -0.25) is 0 Å². The molecule has 0 aliphatic heterocycles. The molecule has 1 aromatic carbocycles. The van der Waals surface area contributed by atoms with Gasteiger partial charge >= 0.3 is 5.97 Å². The van der Waals surface area contributed by atoms with Crippen LogP contribution < -0.4 is 4.72 Å². The van der Waals surface area contributed by atoms with Gasteiger partial charge in [-0.25, -0.2) is 17.9 Å². The van der Waals surface area contributed by atoms with E-state index in [1.807, 2.05) is 0 Å². The van der Waals surface area contributed by atoms with Crippen molar-refractivity contribution in [1.29, 1.82) is 0 Å². The van der Waals surface area contributed by atoms with Gasteiger partial charge in [-0.15, -0.1) is 0 Å². The molecule has 0 amide bonds. The number of benzene rings is 1. The number of esters is 1. The molecule has 0 aliphatic carbocycles. The Hall–Kier alpha value is -1.44. The molecule has 1 aromatic rings. The summed E-state index contributed by atoms with van der Waals surface area (Å²) in [5.41, 5.74) is -0.718. The first kappa shape index (κ1) is 17.6. The van der Waals surface area contributed by atoms with E-state index in [0.717, 1.165) is 0 Å². The zero-order valence-electron chi connectivity index (χ0n) is 12.6. The molecular weight excluding hydrogens is 294 g/mol. The molecule has 0 bridgehead atoms. The topological polar surface area (TPSA) is 92.7 Å². The minimum Gasteiger partial charge on any atom is -0.462 e. The van der Waals surface area contributed by atoms with Crippen LogP contribution in [0.25, 0.3) is 0 Å². The molecule has 1 unspecified atom stereocenters. The van der Waals surface area contributed by atoms with E-state index in [2.05, 4.69) is 4.72 Å². The molecule has 0 saturated carbocycles. The number of sulfonamides is 1. The summed E-state index contributed by atoms with van der Waals surface area (Å²) in [4.78, 5) is 11.5. The summed E-state index contributed by atoms with van der Waals surface area (Å²) < 4.78 is 31.7. The SMILES string of the molecule is CCOC(=O)c1ccc(S(=O)(=O)NC(C)(C)C(C)O)cc1. The van der Waals surface area contributed by atoms with Crippen LogP contribution in [0.3, 0.4) is 0 Å². The molecule has 0 saturated heterocycles. The summed E-state index contributed by atoms with van der Waals surface area (Å²) in [7, 11) is -3.78. The summed E-state index contributed by atoms with van der Waals surface area (Å²) in [6, 6.07) is 5.43. The van der Waals surface area contributed by atoms with Gasteiger partial charge in [0.05, 0.1) is 28.7 Å². The maximum absolute atomic E-state index is 12.2. The second-order valence-electron chi connectivity index (χ2n) is 5.25. The molecule has 0 fully saturated rings. The van der Waals surface area contributed by atoms with Crippen molar-refractivity contribution in [3.63, 3.8) is 0 Å². The molecule has 0 heterocycles. The molecule has 1 rings (SSSR count). The number of aliphatic hydroxyl groups excluding tert-OH is 1. The van der Waals surface area contributed by atoms with E-state index in [4.69, 9.17) is 4.74 Å². The van der Waals surface area contributed by atoms with Crippen LogP contribution in [-0.2, 0) is 14.8 Å². The van der Waals surface area contributed by atoms with E-state index in [-0.39, 0.29) is 17.1 Å². The minimum atomic E-state index is -3.78. The van der Waals surface area contributed by atoms with Gasteiger partial charge in [0.15, 0.2) is 0 Å². The highest BCUT2D eigenvalue weighted by Crippen LogP contribution is 2.17.